The molecule has 11 heteroatoms. The van der Waals surface area contributed by atoms with Gasteiger partial charge in [0.05, 0.1) is 29.1 Å². The average molecular weight is 569 g/mol. The Hall–Kier alpha value is -2.69. The number of hydrogen-bond acceptors (Lipinski definition) is 4. The summed E-state index contributed by atoms with van der Waals surface area (Å²) >= 11 is 6.14. The van der Waals surface area contributed by atoms with Gasteiger partial charge in [-0.3, -0.25) is 4.31 Å². The number of aromatic nitrogens is 1. The van der Waals surface area contributed by atoms with Crippen molar-refractivity contribution >= 4 is 44.2 Å². The summed E-state index contributed by atoms with van der Waals surface area (Å²) in [5, 5.41) is 11.5. The fourth-order valence-electron chi connectivity index (χ4n) is 5.39. The highest BCUT2D eigenvalue weighted by atomic mass is 35.5. The molecule has 38 heavy (non-hydrogen) atoms. The molecule has 0 bridgehead atoms. The molecule has 7 nitrogen and oxygen atoms in total. The lowest BCUT2D eigenvalue weighted by Crippen LogP contribution is -2.46. The summed E-state index contributed by atoms with van der Waals surface area (Å²) in [5.74, 6) is -1.26. The Balaban J connectivity index is 2.21. The van der Waals surface area contributed by atoms with Gasteiger partial charge in [0.15, 0.2) is 6.10 Å². The van der Waals surface area contributed by atoms with Gasteiger partial charge in [-0.15, -0.1) is 0 Å². The Labute approximate surface area is 226 Å². The van der Waals surface area contributed by atoms with Crippen molar-refractivity contribution in [3.8, 4) is 11.1 Å². The van der Waals surface area contributed by atoms with Gasteiger partial charge in [0.1, 0.15) is 0 Å². The summed E-state index contributed by atoms with van der Waals surface area (Å²) in [4.78, 5) is 12.7. The number of rotatable bonds is 7. The van der Waals surface area contributed by atoms with E-state index in [9.17, 15) is 27.1 Å². The van der Waals surface area contributed by atoms with Crippen molar-refractivity contribution in [3.63, 3.8) is 0 Å². The molecular weight excluding hydrogens is 538 g/mol. The van der Waals surface area contributed by atoms with Crippen molar-refractivity contribution in [2.75, 3.05) is 10.6 Å². The molecule has 0 unspecified atom stereocenters. The molecule has 1 aromatic heterocycles. The van der Waals surface area contributed by atoms with Crippen LogP contribution in [0.2, 0.25) is 5.02 Å². The first-order valence-electron chi connectivity index (χ1n) is 12.1. The number of hydrogen-bond donors (Lipinski definition) is 1. The summed E-state index contributed by atoms with van der Waals surface area (Å²) in [5.41, 5.74) is 2.45. The number of carboxylic acid groups (broad SMARTS) is 1. The van der Waals surface area contributed by atoms with Crippen molar-refractivity contribution in [2.24, 2.45) is 0 Å². The summed E-state index contributed by atoms with van der Waals surface area (Å²) < 4.78 is 62.5. The molecule has 2 heterocycles. The minimum absolute atomic E-state index is 0.0411. The SMILES string of the molecule is Cc1c([C@H](OC(C)(C)C)C(=O)O)c(-c2ccc(Cl)cc2)c2cc(C)n3c2c1N(S(C)(=O)=O)[C@@H](CC(F)F)C3. The lowest BCUT2D eigenvalue weighted by Gasteiger charge is -2.39. The maximum atomic E-state index is 13.7. The van der Waals surface area contributed by atoms with Crippen molar-refractivity contribution in [3.05, 3.63) is 52.2 Å². The lowest BCUT2D eigenvalue weighted by atomic mass is 9.87. The highest BCUT2D eigenvalue weighted by molar-refractivity contribution is 7.92. The molecule has 0 saturated heterocycles. The Kier molecular flexibility index (Phi) is 7.31. The molecule has 2 aromatic carbocycles. The van der Waals surface area contributed by atoms with Crippen LogP contribution in [0.1, 0.15) is 50.1 Å². The topological polar surface area (TPSA) is 88.8 Å². The van der Waals surface area contributed by atoms with Crippen molar-refractivity contribution in [1.29, 1.82) is 0 Å². The van der Waals surface area contributed by atoms with Crippen LogP contribution in [0, 0.1) is 13.8 Å². The van der Waals surface area contributed by atoms with E-state index in [0.29, 0.717) is 32.6 Å². The van der Waals surface area contributed by atoms with Crippen molar-refractivity contribution < 1.29 is 31.8 Å². The summed E-state index contributed by atoms with van der Waals surface area (Å²) in [6.07, 6.45) is -3.89. The number of anilines is 1. The van der Waals surface area contributed by atoms with Crippen LogP contribution in [-0.2, 0) is 26.1 Å². The van der Waals surface area contributed by atoms with Gasteiger partial charge in [0.25, 0.3) is 0 Å². The van der Waals surface area contributed by atoms with Gasteiger partial charge in [-0.05, 0) is 69.5 Å². The molecule has 0 spiro atoms. The van der Waals surface area contributed by atoms with E-state index in [0.717, 1.165) is 16.3 Å². The average Bonchev–Trinajstić information content (AvgIpc) is 3.09. The Bertz CT molecular complexity index is 1510. The molecule has 3 aromatic rings. The predicted octanol–water partition coefficient (Wildman–Crippen LogP) is 6.32. The smallest absolute Gasteiger partial charge is 0.337 e. The standard InChI is InChI=1S/C27H31ClF2N2O5S/c1-14-11-19-22(16-7-9-17(28)10-8-16)21(25(26(33)34)37-27(3,4)5)15(2)23-24(19)31(14)13-18(12-20(29)30)32(23)38(6,35)36/h7-11,18,20,25H,12-13H2,1-6H3,(H,33,34)/t18-,25-/m0/s1. The van der Waals surface area contributed by atoms with Crippen LogP contribution < -0.4 is 4.31 Å². The minimum atomic E-state index is -4.02. The second-order valence-corrected chi connectivity index (χ2v) is 13.0. The van der Waals surface area contributed by atoms with Crippen LogP contribution in [0.4, 0.5) is 14.5 Å². The minimum Gasteiger partial charge on any atom is -0.479 e. The van der Waals surface area contributed by atoms with E-state index in [2.05, 4.69) is 0 Å². The number of carboxylic acids is 1. The number of carbonyl (C=O) groups is 1. The Morgan fingerprint density at radius 3 is 2.32 bits per heavy atom. The third-order valence-electron chi connectivity index (χ3n) is 6.67. The van der Waals surface area contributed by atoms with Gasteiger partial charge in [-0.25, -0.2) is 22.0 Å². The van der Waals surface area contributed by atoms with Crippen LogP contribution in [-0.4, -0.2) is 48.4 Å². The highest BCUT2D eigenvalue weighted by Gasteiger charge is 2.41. The molecule has 0 radical (unpaired) electrons. The molecular formula is C27H31ClF2N2O5S. The number of alkyl halides is 2. The molecule has 0 amide bonds. The van der Waals surface area contributed by atoms with Crippen molar-refractivity contribution in [2.45, 2.75) is 71.8 Å². The molecule has 0 saturated carbocycles. The van der Waals surface area contributed by atoms with Crippen LogP contribution >= 0.6 is 11.6 Å². The quantitative estimate of drug-likeness (QED) is 0.360. The molecule has 4 rings (SSSR count). The van der Waals surface area contributed by atoms with E-state index in [-0.39, 0.29) is 17.8 Å². The van der Waals surface area contributed by atoms with E-state index in [1.165, 1.54) is 0 Å². The van der Waals surface area contributed by atoms with Gasteiger partial charge in [0, 0.05) is 34.6 Å². The lowest BCUT2D eigenvalue weighted by molar-refractivity contribution is -0.160. The fraction of sp³-hybridized carbons (Fsp3) is 0.444. The number of ether oxygens (including phenoxy) is 1. The highest BCUT2D eigenvalue weighted by Crippen LogP contribution is 2.49. The number of halogens is 3. The van der Waals surface area contributed by atoms with Gasteiger partial charge in [-0.1, -0.05) is 23.7 Å². The Morgan fingerprint density at radius 2 is 1.82 bits per heavy atom. The zero-order chi connectivity index (χ0) is 28.3. The third kappa shape index (κ3) is 5.13. The number of sulfonamides is 1. The molecule has 2 atom stereocenters. The molecule has 1 N–H and O–H groups in total. The van der Waals surface area contributed by atoms with Gasteiger partial charge < -0.3 is 14.4 Å². The summed E-state index contributed by atoms with van der Waals surface area (Å²) in [6, 6.07) is 7.70. The normalized spacial score (nSPS) is 16.9. The number of aryl methyl sites for hydroxylation is 1. The van der Waals surface area contributed by atoms with E-state index in [4.69, 9.17) is 16.3 Å². The van der Waals surface area contributed by atoms with Crippen LogP contribution in [0.3, 0.4) is 0 Å². The van der Waals surface area contributed by atoms with Gasteiger partial charge in [0.2, 0.25) is 16.4 Å². The first-order chi connectivity index (χ1) is 17.5. The first kappa shape index (κ1) is 28.3. The largest absolute Gasteiger partial charge is 0.479 e. The van der Waals surface area contributed by atoms with E-state index >= 15 is 0 Å². The molecule has 0 fully saturated rings. The maximum absolute atomic E-state index is 13.7. The van der Waals surface area contributed by atoms with Crippen LogP contribution in [0.25, 0.3) is 22.0 Å². The number of benzene rings is 2. The number of nitrogens with zero attached hydrogens (tertiary/aromatic N) is 2. The van der Waals surface area contributed by atoms with Crippen LogP contribution in [0.5, 0.6) is 0 Å². The van der Waals surface area contributed by atoms with Crippen LogP contribution in [0.15, 0.2) is 30.3 Å². The fourth-order valence-corrected chi connectivity index (χ4v) is 6.76. The first-order valence-corrected chi connectivity index (χ1v) is 14.3. The van der Waals surface area contributed by atoms with E-state index in [1.54, 1.807) is 52.0 Å². The van der Waals surface area contributed by atoms with E-state index in [1.807, 2.05) is 17.6 Å². The zero-order valence-corrected chi connectivity index (χ0v) is 23.6. The summed E-state index contributed by atoms with van der Waals surface area (Å²) in [6.45, 7) is 8.67. The molecule has 1 aliphatic rings. The van der Waals surface area contributed by atoms with E-state index < -0.39 is 46.6 Å². The predicted molar refractivity (Wildman–Crippen MR) is 145 cm³/mol. The molecule has 206 valence electrons. The van der Waals surface area contributed by atoms with Crippen molar-refractivity contribution in [1.82, 2.24) is 4.57 Å². The monoisotopic (exact) mass is 568 g/mol. The van der Waals surface area contributed by atoms with Gasteiger partial charge >= 0.3 is 5.97 Å². The van der Waals surface area contributed by atoms with Gasteiger partial charge in [-0.2, -0.15) is 0 Å². The summed E-state index contributed by atoms with van der Waals surface area (Å²) in [7, 11) is -4.02. The zero-order valence-electron chi connectivity index (χ0n) is 22.0. The second-order valence-electron chi connectivity index (χ2n) is 10.7. The third-order valence-corrected chi connectivity index (χ3v) is 8.12. The Morgan fingerprint density at radius 1 is 1.21 bits per heavy atom. The molecule has 1 aliphatic heterocycles. The maximum Gasteiger partial charge on any atom is 0.337 e. The number of aliphatic carboxylic acids is 1. The second kappa shape index (κ2) is 9.81. The molecule has 0 aliphatic carbocycles.